The lowest BCUT2D eigenvalue weighted by Crippen LogP contribution is -2.19. The molecule has 3 nitrogen and oxygen atoms in total. The van der Waals surface area contributed by atoms with Crippen molar-refractivity contribution in [2.45, 2.75) is 12.6 Å². The van der Waals surface area contributed by atoms with E-state index in [1.807, 2.05) is 0 Å². The van der Waals surface area contributed by atoms with E-state index in [4.69, 9.17) is 11.1 Å². The molecule has 0 aliphatic heterocycles. The minimum atomic E-state index is -4.20. The van der Waals surface area contributed by atoms with Crippen LogP contribution in [0.3, 0.4) is 0 Å². The molecule has 0 aliphatic rings. The van der Waals surface area contributed by atoms with Gasteiger partial charge in [-0.3, -0.25) is 5.41 Å². The van der Waals surface area contributed by atoms with E-state index in [1.54, 1.807) is 0 Å². The number of nitrogens with two attached hydrogens (primary N) is 1. The summed E-state index contributed by atoms with van der Waals surface area (Å²) in [4.78, 5) is 0. The second kappa shape index (κ2) is 4.17. The van der Waals surface area contributed by atoms with Gasteiger partial charge in [-0.25, -0.2) is 0 Å². The summed E-state index contributed by atoms with van der Waals surface area (Å²) in [6, 6.07) is 0. The van der Waals surface area contributed by atoms with Crippen molar-refractivity contribution in [3.63, 3.8) is 0 Å². The Hall–Kier alpha value is -0.780. The van der Waals surface area contributed by atoms with Crippen LogP contribution >= 0.6 is 0 Å². The van der Waals surface area contributed by atoms with Crippen LogP contribution in [0.15, 0.2) is 0 Å². The molecule has 0 radical (unpaired) electrons. The van der Waals surface area contributed by atoms with Crippen LogP contribution in [0.1, 0.15) is 6.42 Å². The predicted octanol–water partition coefficient (Wildman–Crippen LogP) is 0.891. The van der Waals surface area contributed by atoms with E-state index >= 15 is 0 Å². The van der Waals surface area contributed by atoms with Crippen molar-refractivity contribution in [3.8, 4) is 0 Å². The fraction of sp³-hybridized carbons (Fsp3) is 0.800. The zero-order valence-electron chi connectivity index (χ0n) is 5.74. The molecule has 11 heavy (non-hydrogen) atoms. The summed E-state index contributed by atoms with van der Waals surface area (Å²) in [6.45, 7) is -0.681. The van der Waals surface area contributed by atoms with Crippen LogP contribution in [-0.2, 0) is 4.74 Å². The summed E-state index contributed by atoms with van der Waals surface area (Å²) in [6.07, 6.45) is -5.20. The van der Waals surface area contributed by atoms with Crippen molar-refractivity contribution >= 4 is 5.84 Å². The van der Waals surface area contributed by atoms with Gasteiger partial charge in [-0.2, -0.15) is 13.2 Å². The number of hydrogen-bond acceptors (Lipinski definition) is 2. The van der Waals surface area contributed by atoms with Gasteiger partial charge in [0.1, 0.15) is 12.4 Å². The van der Waals surface area contributed by atoms with Crippen LogP contribution in [0.2, 0.25) is 0 Å². The molecular weight excluding hydrogens is 161 g/mol. The Labute approximate surface area is 61.8 Å². The lowest BCUT2D eigenvalue weighted by molar-refractivity contribution is -0.144. The number of amidine groups is 1. The van der Waals surface area contributed by atoms with E-state index in [0.717, 1.165) is 0 Å². The molecule has 6 heteroatoms. The van der Waals surface area contributed by atoms with Gasteiger partial charge in [-0.1, -0.05) is 0 Å². The van der Waals surface area contributed by atoms with Crippen molar-refractivity contribution in [2.75, 3.05) is 13.2 Å². The highest BCUT2D eigenvalue weighted by molar-refractivity contribution is 5.78. The van der Waals surface area contributed by atoms with Gasteiger partial charge in [0.25, 0.3) is 0 Å². The van der Waals surface area contributed by atoms with Crippen LogP contribution in [-0.4, -0.2) is 25.2 Å². The number of nitrogens with one attached hydrogen (secondary N) is 1. The molecule has 3 N–H and O–H groups in total. The highest BCUT2D eigenvalue weighted by Crippen LogP contribution is 2.18. The Morgan fingerprint density at radius 1 is 1.45 bits per heavy atom. The van der Waals surface area contributed by atoms with E-state index in [2.05, 4.69) is 4.74 Å². The lowest BCUT2D eigenvalue weighted by Gasteiger charge is -2.05. The fourth-order valence-corrected chi connectivity index (χ4v) is 0.370. The topological polar surface area (TPSA) is 59.1 Å². The van der Waals surface area contributed by atoms with E-state index in [9.17, 15) is 13.2 Å². The van der Waals surface area contributed by atoms with E-state index < -0.39 is 19.2 Å². The van der Waals surface area contributed by atoms with Crippen LogP contribution < -0.4 is 5.73 Å². The molecule has 0 aromatic rings. The van der Waals surface area contributed by atoms with Gasteiger partial charge in [0.2, 0.25) is 0 Å². The van der Waals surface area contributed by atoms with Crippen molar-refractivity contribution in [2.24, 2.45) is 5.73 Å². The number of halogens is 3. The van der Waals surface area contributed by atoms with Gasteiger partial charge in [-0.05, 0) is 0 Å². The molecule has 0 bridgehead atoms. The van der Waals surface area contributed by atoms with Gasteiger partial charge in [0, 0.05) is 0 Å². The molecule has 0 unspecified atom stereocenters. The van der Waals surface area contributed by atoms with Gasteiger partial charge in [0.05, 0.1) is 13.0 Å². The third-order valence-electron chi connectivity index (χ3n) is 0.787. The fourth-order valence-electron chi connectivity index (χ4n) is 0.370. The Morgan fingerprint density at radius 3 is 2.36 bits per heavy atom. The van der Waals surface area contributed by atoms with Gasteiger partial charge >= 0.3 is 6.18 Å². The normalized spacial score (nSPS) is 11.5. The maximum absolute atomic E-state index is 11.4. The first-order valence-electron chi connectivity index (χ1n) is 2.89. The molecule has 0 saturated carbocycles. The van der Waals surface area contributed by atoms with E-state index in [1.165, 1.54) is 0 Å². The third-order valence-corrected chi connectivity index (χ3v) is 0.787. The second-order valence-electron chi connectivity index (χ2n) is 1.94. The molecule has 0 aliphatic carbocycles. The van der Waals surface area contributed by atoms with Crippen molar-refractivity contribution < 1.29 is 17.9 Å². The first kappa shape index (κ1) is 10.2. The summed E-state index contributed by atoms with van der Waals surface area (Å²) >= 11 is 0. The molecule has 0 spiro atoms. The molecule has 0 fully saturated rings. The molecule has 0 aromatic carbocycles. The minimum absolute atomic E-state index is 0.240. The molecule has 66 valence electrons. The monoisotopic (exact) mass is 170 g/mol. The Morgan fingerprint density at radius 2 is 2.00 bits per heavy atom. The highest BCUT2D eigenvalue weighted by Gasteiger charge is 2.26. The lowest BCUT2D eigenvalue weighted by atomic mass is 10.4. The van der Waals surface area contributed by atoms with Crippen molar-refractivity contribution in [1.82, 2.24) is 0 Å². The Bertz CT molecular complexity index is 134. The van der Waals surface area contributed by atoms with Crippen molar-refractivity contribution in [3.05, 3.63) is 0 Å². The molecule has 0 amide bonds. The van der Waals surface area contributed by atoms with Crippen molar-refractivity contribution in [1.29, 1.82) is 5.41 Å². The van der Waals surface area contributed by atoms with Crippen LogP contribution in [0.25, 0.3) is 0 Å². The standard InChI is InChI=1S/C5H9F3N2O/c6-5(7,8)1-2-11-3-4(9)10/h1-3H2,(H3,9,10). The molecular formula is C5H9F3N2O. The first-order chi connectivity index (χ1) is 4.92. The number of ether oxygens (including phenoxy) is 1. The first-order valence-corrected chi connectivity index (χ1v) is 2.89. The largest absolute Gasteiger partial charge is 0.391 e. The van der Waals surface area contributed by atoms with Crippen LogP contribution in [0.4, 0.5) is 13.2 Å². The third kappa shape index (κ3) is 9.22. The van der Waals surface area contributed by atoms with Gasteiger partial charge in [-0.15, -0.1) is 0 Å². The maximum atomic E-state index is 11.4. The SMILES string of the molecule is N=C(N)COCCC(F)(F)F. The number of hydrogen-bond donors (Lipinski definition) is 2. The zero-order chi connectivity index (χ0) is 8.91. The smallest absolute Gasteiger partial charge is 0.386 e. The quantitative estimate of drug-likeness (QED) is 0.374. The summed E-state index contributed by atoms with van der Waals surface area (Å²) < 4.78 is 38.6. The van der Waals surface area contributed by atoms with Gasteiger partial charge in [0.15, 0.2) is 0 Å². The summed E-state index contributed by atoms with van der Waals surface area (Å²) in [5.41, 5.74) is 4.82. The maximum Gasteiger partial charge on any atom is 0.391 e. The Kier molecular flexibility index (Phi) is 3.88. The second-order valence-corrected chi connectivity index (χ2v) is 1.94. The highest BCUT2D eigenvalue weighted by atomic mass is 19.4. The van der Waals surface area contributed by atoms with Crippen LogP contribution in [0, 0.1) is 5.41 Å². The average molecular weight is 170 g/mol. The number of alkyl halides is 3. The van der Waals surface area contributed by atoms with Gasteiger partial charge < -0.3 is 10.5 Å². The molecule has 0 rings (SSSR count). The van der Waals surface area contributed by atoms with Crippen LogP contribution in [0.5, 0.6) is 0 Å². The Balaban J connectivity index is 3.22. The zero-order valence-corrected chi connectivity index (χ0v) is 5.74. The summed E-state index contributed by atoms with van der Waals surface area (Å²) in [5, 5.41) is 6.60. The van der Waals surface area contributed by atoms with E-state index in [0.29, 0.717) is 0 Å². The predicted molar refractivity (Wildman–Crippen MR) is 33.4 cm³/mol. The molecule has 0 heterocycles. The molecule has 0 atom stereocenters. The number of rotatable bonds is 4. The average Bonchev–Trinajstić information content (AvgIpc) is 1.78. The molecule has 0 saturated heterocycles. The molecule has 0 aromatic heterocycles. The summed E-state index contributed by atoms with van der Waals surface area (Å²) in [7, 11) is 0. The minimum Gasteiger partial charge on any atom is -0.386 e. The van der Waals surface area contributed by atoms with E-state index in [-0.39, 0.29) is 12.4 Å². The summed E-state index contributed by atoms with van der Waals surface area (Å²) in [5.74, 6) is -0.271.